The number of rotatable bonds is 7. The summed E-state index contributed by atoms with van der Waals surface area (Å²) in [4.78, 5) is 26.4. The van der Waals surface area contributed by atoms with Gasteiger partial charge in [0.2, 0.25) is 16.1 Å². The van der Waals surface area contributed by atoms with Crippen molar-refractivity contribution in [3.8, 4) is 11.5 Å². The number of amides is 1. The highest BCUT2D eigenvalue weighted by Crippen LogP contribution is 2.33. The molecule has 1 aliphatic heterocycles. The molecule has 1 saturated carbocycles. The molecule has 1 fully saturated rings. The molecule has 2 aromatic rings. The van der Waals surface area contributed by atoms with Gasteiger partial charge in [0.15, 0.2) is 6.61 Å². The third kappa shape index (κ3) is 5.28. The Kier molecular flexibility index (Phi) is 6.85. The van der Waals surface area contributed by atoms with E-state index in [0.717, 1.165) is 25.7 Å². The standard InChI is InChI=1S/C23H26N2O7S/c1-30-23(27)21-14-25(19-8-4-5-9-20(19)32-21)22(26)15-31-17-10-12-18(13-11-17)33(28,29)24-16-6-2-3-7-16/h4-5,8-13,16,21,24H,2-3,6-7,14-15H2,1H3. The third-order valence-electron chi connectivity index (χ3n) is 5.71. The zero-order valence-corrected chi connectivity index (χ0v) is 19.0. The van der Waals surface area contributed by atoms with E-state index < -0.39 is 22.1 Å². The van der Waals surface area contributed by atoms with Crippen LogP contribution in [0.3, 0.4) is 0 Å². The molecule has 1 amide bonds. The molecule has 2 aromatic carbocycles. The van der Waals surface area contributed by atoms with Gasteiger partial charge in [0.05, 0.1) is 24.2 Å². The predicted octanol–water partition coefficient (Wildman–Crippen LogP) is 2.25. The number of carbonyl (C=O) groups is 2. The summed E-state index contributed by atoms with van der Waals surface area (Å²) in [7, 11) is -2.34. The normalized spacial score (nSPS) is 18.3. The van der Waals surface area contributed by atoms with Gasteiger partial charge in [-0.3, -0.25) is 4.79 Å². The van der Waals surface area contributed by atoms with Crippen LogP contribution in [-0.2, 0) is 24.3 Å². The third-order valence-corrected chi connectivity index (χ3v) is 7.25. The Balaban J connectivity index is 1.40. The fraction of sp³-hybridized carbons (Fsp3) is 0.391. The first kappa shape index (κ1) is 23.1. The highest BCUT2D eigenvalue weighted by Gasteiger charge is 2.34. The highest BCUT2D eigenvalue weighted by atomic mass is 32.2. The van der Waals surface area contributed by atoms with Gasteiger partial charge in [0, 0.05) is 6.04 Å². The molecule has 1 N–H and O–H groups in total. The minimum atomic E-state index is -3.60. The van der Waals surface area contributed by atoms with Crippen molar-refractivity contribution in [2.75, 3.05) is 25.2 Å². The molecule has 2 aliphatic rings. The van der Waals surface area contributed by atoms with Crippen LogP contribution in [0, 0.1) is 0 Å². The van der Waals surface area contributed by atoms with Crippen LogP contribution in [0.15, 0.2) is 53.4 Å². The van der Waals surface area contributed by atoms with Crippen LogP contribution in [0.4, 0.5) is 5.69 Å². The number of nitrogens with one attached hydrogen (secondary N) is 1. The van der Waals surface area contributed by atoms with Gasteiger partial charge in [-0.25, -0.2) is 17.9 Å². The topological polar surface area (TPSA) is 111 Å². The molecule has 0 aromatic heterocycles. The lowest BCUT2D eigenvalue weighted by molar-refractivity contribution is -0.148. The average Bonchev–Trinajstić information content (AvgIpc) is 3.33. The Labute approximate surface area is 192 Å². The second-order valence-electron chi connectivity index (χ2n) is 7.96. The number of anilines is 1. The first-order valence-electron chi connectivity index (χ1n) is 10.8. The summed E-state index contributed by atoms with van der Waals surface area (Å²) in [5.41, 5.74) is 0.533. The lowest BCUT2D eigenvalue weighted by Gasteiger charge is -2.33. The molecule has 0 bridgehead atoms. The van der Waals surface area contributed by atoms with Gasteiger partial charge in [-0.05, 0) is 49.2 Å². The Morgan fingerprint density at radius 2 is 1.79 bits per heavy atom. The van der Waals surface area contributed by atoms with Crippen LogP contribution >= 0.6 is 0 Å². The summed E-state index contributed by atoms with van der Waals surface area (Å²) < 4.78 is 43.8. The number of hydrogen-bond donors (Lipinski definition) is 1. The molecule has 0 spiro atoms. The van der Waals surface area contributed by atoms with E-state index in [1.54, 1.807) is 24.3 Å². The van der Waals surface area contributed by atoms with E-state index in [-0.39, 0.29) is 30.0 Å². The largest absolute Gasteiger partial charge is 0.484 e. The molecule has 33 heavy (non-hydrogen) atoms. The first-order chi connectivity index (χ1) is 15.9. The van der Waals surface area contributed by atoms with Crippen molar-refractivity contribution in [3.63, 3.8) is 0 Å². The minimum absolute atomic E-state index is 0.00407. The molecular weight excluding hydrogens is 448 g/mol. The number of carbonyl (C=O) groups excluding carboxylic acids is 2. The number of ether oxygens (including phenoxy) is 3. The van der Waals surface area contributed by atoms with E-state index in [2.05, 4.69) is 4.72 Å². The Morgan fingerprint density at radius 3 is 2.48 bits per heavy atom. The molecule has 1 heterocycles. The van der Waals surface area contributed by atoms with Gasteiger partial charge in [-0.1, -0.05) is 25.0 Å². The molecule has 1 atom stereocenters. The maximum Gasteiger partial charge on any atom is 0.348 e. The molecule has 0 radical (unpaired) electrons. The second-order valence-corrected chi connectivity index (χ2v) is 9.68. The number of benzene rings is 2. The molecule has 1 aliphatic carbocycles. The van der Waals surface area contributed by atoms with Crippen LogP contribution in [0.5, 0.6) is 11.5 Å². The van der Waals surface area contributed by atoms with Crippen LogP contribution < -0.4 is 19.1 Å². The molecule has 4 rings (SSSR count). The maximum atomic E-state index is 12.9. The molecule has 176 valence electrons. The lowest BCUT2D eigenvalue weighted by Crippen LogP contribution is -2.48. The van der Waals surface area contributed by atoms with Gasteiger partial charge in [-0.2, -0.15) is 0 Å². The summed E-state index contributed by atoms with van der Waals surface area (Å²) in [6.45, 7) is -0.301. The van der Waals surface area contributed by atoms with Gasteiger partial charge in [-0.15, -0.1) is 0 Å². The molecule has 9 nitrogen and oxygen atoms in total. The number of fused-ring (bicyclic) bond motifs is 1. The number of methoxy groups -OCH3 is 1. The van der Waals surface area contributed by atoms with E-state index in [1.165, 1.54) is 36.3 Å². The van der Waals surface area contributed by atoms with Crippen LogP contribution in [0.1, 0.15) is 25.7 Å². The van der Waals surface area contributed by atoms with Crippen LogP contribution in [0.25, 0.3) is 0 Å². The zero-order chi connectivity index (χ0) is 23.4. The van der Waals surface area contributed by atoms with Crippen molar-refractivity contribution < 1.29 is 32.2 Å². The van der Waals surface area contributed by atoms with Crippen molar-refractivity contribution in [3.05, 3.63) is 48.5 Å². The number of para-hydroxylation sites is 2. The van der Waals surface area contributed by atoms with Gasteiger partial charge < -0.3 is 19.1 Å². The van der Waals surface area contributed by atoms with Crippen molar-refractivity contribution in [1.29, 1.82) is 0 Å². The van der Waals surface area contributed by atoms with E-state index in [4.69, 9.17) is 14.2 Å². The number of esters is 1. The van der Waals surface area contributed by atoms with E-state index in [9.17, 15) is 18.0 Å². The van der Waals surface area contributed by atoms with Gasteiger partial charge in [0.1, 0.15) is 11.5 Å². The summed E-state index contributed by atoms with van der Waals surface area (Å²) in [6, 6.07) is 12.8. The minimum Gasteiger partial charge on any atom is -0.484 e. The fourth-order valence-electron chi connectivity index (χ4n) is 3.99. The van der Waals surface area contributed by atoms with Crippen molar-refractivity contribution in [1.82, 2.24) is 4.72 Å². The summed E-state index contributed by atoms with van der Waals surface area (Å²) in [5, 5.41) is 0. The quantitative estimate of drug-likeness (QED) is 0.613. The summed E-state index contributed by atoms with van der Waals surface area (Å²) in [6.07, 6.45) is 2.82. The van der Waals surface area contributed by atoms with E-state index >= 15 is 0 Å². The van der Waals surface area contributed by atoms with Crippen LogP contribution in [-0.4, -0.2) is 52.7 Å². The van der Waals surface area contributed by atoms with Crippen molar-refractivity contribution in [2.45, 2.75) is 42.7 Å². The Bertz CT molecular complexity index is 1110. The highest BCUT2D eigenvalue weighted by molar-refractivity contribution is 7.89. The fourth-order valence-corrected chi connectivity index (χ4v) is 5.30. The van der Waals surface area contributed by atoms with Gasteiger partial charge in [0.25, 0.3) is 5.91 Å². The van der Waals surface area contributed by atoms with Gasteiger partial charge >= 0.3 is 5.97 Å². The number of nitrogens with zero attached hydrogens (tertiary/aromatic N) is 1. The average molecular weight is 475 g/mol. The summed E-state index contributed by atoms with van der Waals surface area (Å²) in [5.74, 6) is -0.198. The number of hydrogen-bond acceptors (Lipinski definition) is 7. The first-order valence-corrected chi connectivity index (χ1v) is 12.2. The zero-order valence-electron chi connectivity index (χ0n) is 18.2. The molecule has 0 saturated heterocycles. The maximum absolute atomic E-state index is 12.9. The molecule has 1 unspecified atom stereocenters. The monoisotopic (exact) mass is 474 g/mol. The van der Waals surface area contributed by atoms with E-state index in [1.807, 2.05) is 0 Å². The Morgan fingerprint density at radius 1 is 1.09 bits per heavy atom. The SMILES string of the molecule is COC(=O)C1CN(C(=O)COc2ccc(S(=O)(=O)NC3CCCC3)cc2)c2ccccc2O1. The second kappa shape index (κ2) is 9.80. The van der Waals surface area contributed by atoms with E-state index in [0.29, 0.717) is 17.2 Å². The van der Waals surface area contributed by atoms with Crippen molar-refractivity contribution >= 4 is 27.6 Å². The smallest absolute Gasteiger partial charge is 0.348 e. The predicted molar refractivity (Wildman–Crippen MR) is 120 cm³/mol. The molecular formula is C23H26N2O7S. The lowest BCUT2D eigenvalue weighted by atomic mass is 10.2. The molecule has 10 heteroatoms. The summed E-state index contributed by atoms with van der Waals surface area (Å²) >= 11 is 0. The number of sulfonamides is 1. The van der Waals surface area contributed by atoms with Crippen LogP contribution in [0.2, 0.25) is 0 Å². The Hall–Kier alpha value is -3.11. The van der Waals surface area contributed by atoms with Crippen molar-refractivity contribution in [2.24, 2.45) is 0 Å².